The molecule has 124 valence electrons. The first kappa shape index (κ1) is 14.2. The fourth-order valence-corrected chi connectivity index (χ4v) is 3.24. The third-order valence-electron chi connectivity index (χ3n) is 4.56. The number of ether oxygens (including phenoxy) is 2. The van der Waals surface area contributed by atoms with Gasteiger partial charge in [0, 0.05) is 29.4 Å². The average molecular weight is 332 g/mol. The Bertz CT molecular complexity index is 1020. The first-order valence-electron chi connectivity index (χ1n) is 8.23. The number of aliphatic imine (C=N–C) groups is 1. The molecule has 0 saturated carbocycles. The number of benzene rings is 2. The standard InChI is InChI=1S/C19H16N4O2/c1-12-20-6-7-23(12)15-3-4-16-14(8-15)10-21-19(22-16)13-2-5-17-18(9-13)25-11-24-17/h2-5,8-10H,6-7,11H2,1H3. The fourth-order valence-electron chi connectivity index (χ4n) is 3.24. The predicted molar refractivity (Wildman–Crippen MR) is 96.4 cm³/mol. The van der Waals surface area contributed by atoms with E-state index in [1.807, 2.05) is 37.4 Å². The second-order valence-electron chi connectivity index (χ2n) is 6.09. The number of anilines is 1. The summed E-state index contributed by atoms with van der Waals surface area (Å²) in [5.74, 6) is 3.23. The summed E-state index contributed by atoms with van der Waals surface area (Å²) in [5, 5.41) is 1.02. The number of amidine groups is 1. The number of nitrogens with zero attached hydrogens (tertiary/aromatic N) is 4. The fraction of sp³-hybridized carbons (Fsp3) is 0.211. The van der Waals surface area contributed by atoms with Crippen LogP contribution in [0.4, 0.5) is 5.69 Å². The van der Waals surface area contributed by atoms with Crippen LogP contribution < -0.4 is 14.4 Å². The topological polar surface area (TPSA) is 59.8 Å². The molecule has 0 N–H and O–H groups in total. The summed E-state index contributed by atoms with van der Waals surface area (Å²) in [5.41, 5.74) is 2.96. The molecule has 6 nitrogen and oxygen atoms in total. The van der Waals surface area contributed by atoms with Crippen LogP contribution in [-0.4, -0.2) is 35.7 Å². The van der Waals surface area contributed by atoms with Crippen molar-refractivity contribution in [1.29, 1.82) is 0 Å². The molecule has 0 radical (unpaired) electrons. The molecule has 2 aliphatic rings. The van der Waals surface area contributed by atoms with Crippen molar-refractivity contribution in [2.75, 3.05) is 24.8 Å². The Morgan fingerprint density at radius 2 is 1.96 bits per heavy atom. The number of hydrogen-bond acceptors (Lipinski definition) is 6. The Balaban J connectivity index is 1.53. The highest BCUT2D eigenvalue weighted by Gasteiger charge is 2.17. The lowest BCUT2D eigenvalue weighted by Crippen LogP contribution is -2.24. The van der Waals surface area contributed by atoms with Crippen LogP contribution in [-0.2, 0) is 0 Å². The summed E-state index contributed by atoms with van der Waals surface area (Å²) >= 11 is 0. The maximum absolute atomic E-state index is 5.44. The largest absolute Gasteiger partial charge is 0.454 e. The molecule has 0 atom stereocenters. The predicted octanol–water partition coefficient (Wildman–Crippen LogP) is 3.26. The van der Waals surface area contributed by atoms with Crippen LogP contribution in [0.5, 0.6) is 11.5 Å². The van der Waals surface area contributed by atoms with Crippen molar-refractivity contribution in [1.82, 2.24) is 9.97 Å². The van der Waals surface area contributed by atoms with Gasteiger partial charge in [-0.25, -0.2) is 9.97 Å². The van der Waals surface area contributed by atoms with Gasteiger partial charge in [-0.05, 0) is 43.3 Å². The van der Waals surface area contributed by atoms with Gasteiger partial charge >= 0.3 is 0 Å². The molecule has 0 fully saturated rings. The Kier molecular flexibility index (Phi) is 3.09. The number of aromatic nitrogens is 2. The summed E-state index contributed by atoms with van der Waals surface area (Å²) in [6.45, 7) is 4.08. The molecular formula is C19H16N4O2. The maximum atomic E-state index is 5.44. The molecule has 25 heavy (non-hydrogen) atoms. The summed E-state index contributed by atoms with van der Waals surface area (Å²) in [6.07, 6.45) is 1.87. The zero-order chi connectivity index (χ0) is 16.8. The molecule has 0 bridgehead atoms. The summed E-state index contributed by atoms with van der Waals surface area (Å²) < 4.78 is 10.8. The van der Waals surface area contributed by atoms with Crippen LogP contribution in [0.2, 0.25) is 0 Å². The quantitative estimate of drug-likeness (QED) is 0.721. The average Bonchev–Trinajstić information content (AvgIpc) is 3.28. The molecule has 0 spiro atoms. The van der Waals surface area contributed by atoms with Crippen LogP contribution in [0.25, 0.3) is 22.3 Å². The van der Waals surface area contributed by atoms with Gasteiger partial charge in [0.1, 0.15) is 5.84 Å². The number of fused-ring (bicyclic) bond motifs is 2. The van der Waals surface area contributed by atoms with Crippen molar-refractivity contribution >= 4 is 22.4 Å². The zero-order valence-electron chi connectivity index (χ0n) is 13.8. The summed E-state index contributed by atoms with van der Waals surface area (Å²) in [6, 6.07) is 12.0. The van der Waals surface area contributed by atoms with Gasteiger partial charge in [-0.3, -0.25) is 4.99 Å². The molecule has 5 rings (SSSR count). The van der Waals surface area contributed by atoms with E-state index in [1.54, 1.807) is 0 Å². The van der Waals surface area contributed by atoms with Crippen molar-refractivity contribution in [3.8, 4) is 22.9 Å². The first-order chi connectivity index (χ1) is 12.3. The van der Waals surface area contributed by atoms with Gasteiger partial charge in [0.05, 0.1) is 12.1 Å². The van der Waals surface area contributed by atoms with Crippen LogP contribution >= 0.6 is 0 Å². The highest BCUT2D eigenvalue weighted by Crippen LogP contribution is 2.35. The molecule has 2 aliphatic heterocycles. The van der Waals surface area contributed by atoms with E-state index in [9.17, 15) is 0 Å². The van der Waals surface area contributed by atoms with E-state index >= 15 is 0 Å². The smallest absolute Gasteiger partial charge is 0.231 e. The molecule has 0 saturated heterocycles. The van der Waals surface area contributed by atoms with Crippen molar-refractivity contribution in [3.63, 3.8) is 0 Å². The van der Waals surface area contributed by atoms with Gasteiger partial charge in [-0.1, -0.05) is 0 Å². The lowest BCUT2D eigenvalue weighted by Gasteiger charge is -2.18. The molecule has 0 unspecified atom stereocenters. The van der Waals surface area contributed by atoms with E-state index in [-0.39, 0.29) is 6.79 Å². The van der Waals surface area contributed by atoms with Gasteiger partial charge in [0.25, 0.3) is 0 Å². The lowest BCUT2D eigenvalue weighted by molar-refractivity contribution is 0.174. The lowest BCUT2D eigenvalue weighted by atomic mass is 10.1. The minimum Gasteiger partial charge on any atom is -0.454 e. The summed E-state index contributed by atoms with van der Waals surface area (Å²) in [7, 11) is 0. The second kappa shape index (κ2) is 5.44. The van der Waals surface area contributed by atoms with Crippen molar-refractivity contribution < 1.29 is 9.47 Å². The molecule has 6 heteroatoms. The minimum absolute atomic E-state index is 0.263. The molecule has 0 aliphatic carbocycles. The Morgan fingerprint density at radius 1 is 1.04 bits per heavy atom. The third kappa shape index (κ3) is 2.38. The highest BCUT2D eigenvalue weighted by atomic mass is 16.7. The molecule has 3 aromatic rings. The summed E-state index contributed by atoms with van der Waals surface area (Å²) in [4.78, 5) is 15.9. The first-order valence-corrected chi connectivity index (χ1v) is 8.23. The normalized spacial score (nSPS) is 15.7. The molecular weight excluding hydrogens is 316 g/mol. The van der Waals surface area contributed by atoms with E-state index in [2.05, 4.69) is 27.0 Å². The van der Waals surface area contributed by atoms with Crippen LogP contribution in [0.3, 0.4) is 0 Å². The SMILES string of the molecule is CC1=NCCN1c1ccc2nc(-c3ccc4c(c3)OCO4)ncc2c1. The molecule has 3 heterocycles. The molecule has 1 aromatic heterocycles. The van der Waals surface area contributed by atoms with Gasteiger partial charge in [-0.15, -0.1) is 0 Å². The highest BCUT2D eigenvalue weighted by molar-refractivity contribution is 5.99. The van der Waals surface area contributed by atoms with Crippen LogP contribution in [0, 0.1) is 0 Å². The van der Waals surface area contributed by atoms with Gasteiger partial charge in [0.2, 0.25) is 6.79 Å². The van der Waals surface area contributed by atoms with E-state index in [4.69, 9.17) is 14.5 Å². The van der Waals surface area contributed by atoms with Gasteiger partial charge < -0.3 is 14.4 Å². The number of rotatable bonds is 2. The monoisotopic (exact) mass is 332 g/mol. The minimum atomic E-state index is 0.263. The van der Waals surface area contributed by atoms with Gasteiger partial charge in [0.15, 0.2) is 17.3 Å². The molecule has 2 aromatic carbocycles. The van der Waals surface area contributed by atoms with Crippen molar-refractivity contribution in [2.24, 2.45) is 4.99 Å². The van der Waals surface area contributed by atoms with Crippen molar-refractivity contribution in [3.05, 3.63) is 42.6 Å². The Labute approximate surface area is 144 Å². The Hall–Kier alpha value is -3.15. The van der Waals surface area contributed by atoms with E-state index in [0.717, 1.165) is 52.6 Å². The van der Waals surface area contributed by atoms with Crippen LogP contribution in [0.1, 0.15) is 6.92 Å². The Morgan fingerprint density at radius 3 is 2.84 bits per heavy atom. The number of hydrogen-bond donors (Lipinski definition) is 0. The third-order valence-corrected chi connectivity index (χ3v) is 4.56. The van der Waals surface area contributed by atoms with E-state index < -0.39 is 0 Å². The van der Waals surface area contributed by atoms with Crippen molar-refractivity contribution in [2.45, 2.75) is 6.92 Å². The van der Waals surface area contributed by atoms with E-state index in [0.29, 0.717) is 5.82 Å². The molecule has 0 amide bonds. The zero-order valence-corrected chi connectivity index (χ0v) is 13.8. The maximum Gasteiger partial charge on any atom is 0.231 e. The van der Waals surface area contributed by atoms with Crippen LogP contribution in [0.15, 0.2) is 47.6 Å². The van der Waals surface area contributed by atoms with E-state index in [1.165, 1.54) is 0 Å². The van der Waals surface area contributed by atoms with Gasteiger partial charge in [-0.2, -0.15) is 0 Å². The second-order valence-corrected chi connectivity index (χ2v) is 6.09.